The molecular formula is C29H20N2O. The van der Waals surface area contributed by atoms with Crippen LogP contribution in [0.3, 0.4) is 0 Å². The highest BCUT2D eigenvalue weighted by molar-refractivity contribution is 6.27. The Morgan fingerprint density at radius 3 is 1.75 bits per heavy atom. The molecule has 0 saturated heterocycles. The van der Waals surface area contributed by atoms with Gasteiger partial charge in [-0.1, -0.05) is 90.0 Å². The maximum atomic E-state index is 13.2. The molecule has 1 aliphatic carbocycles. The first-order valence-corrected chi connectivity index (χ1v) is 10.3. The van der Waals surface area contributed by atoms with Gasteiger partial charge in [0.2, 0.25) is 0 Å². The topological polar surface area (TPSA) is 64.7 Å². The molecular weight excluding hydrogens is 392 g/mol. The number of aryl methyl sites for hydroxylation is 2. The number of nitriles is 2. The summed E-state index contributed by atoms with van der Waals surface area (Å²) in [6.07, 6.45) is 3.64. The van der Waals surface area contributed by atoms with Gasteiger partial charge in [-0.15, -0.1) is 0 Å². The zero-order valence-electron chi connectivity index (χ0n) is 17.9. The number of Topliss-reactive ketones (excluding diaryl/α,β-unsaturated/α-hetero) is 1. The highest BCUT2D eigenvalue weighted by atomic mass is 16.1. The lowest BCUT2D eigenvalue weighted by atomic mass is 9.94. The Hall–Kier alpha value is -4.47. The van der Waals surface area contributed by atoms with E-state index in [4.69, 9.17) is 0 Å². The molecule has 0 bridgehead atoms. The molecule has 32 heavy (non-hydrogen) atoms. The number of fused-ring (bicyclic) bond motifs is 1. The normalized spacial score (nSPS) is 13.3. The van der Waals surface area contributed by atoms with Gasteiger partial charge in [-0.05, 0) is 42.2 Å². The molecule has 0 unspecified atom stereocenters. The Morgan fingerprint density at radius 2 is 1.25 bits per heavy atom. The van der Waals surface area contributed by atoms with Crippen LogP contribution in [0.25, 0.3) is 11.1 Å². The van der Waals surface area contributed by atoms with E-state index in [0.717, 1.165) is 27.8 Å². The van der Waals surface area contributed by atoms with Crippen LogP contribution in [0, 0.1) is 36.5 Å². The fraction of sp³-hybridized carbons (Fsp3) is 0.0690. The maximum Gasteiger partial charge on any atom is 0.194 e. The molecule has 152 valence electrons. The van der Waals surface area contributed by atoms with E-state index in [1.165, 1.54) is 0 Å². The molecule has 0 N–H and O–H groups in total. The number of allylic oxidation sites excluding steroid dienone is 5. The van der Waals surface area contributed by atoms with Gasteiger partial charge in [0.15, 0.2) is 5.78 Å². The van der Waals surface area contributed by atoms with Gasteiger partial charge < -0.3 is 0 Å². The number of hydrogen-bond acceptors (Lipinski definition) is 3. The predicted octanol–water partition coefficient (Wildman–Crippen LogP) is 6.36. The summed E-state index contributed by atoms with van der Waals surface area (Å²) in [5.74, 6) is -0.179. The fourth-order valence-electron chi connectivity index (χ4n) is 3.86. The molecule has 0 aliphatic heterocycles. The van der Waals surface area contributed by atoms with E-state index < -0.39 is 0 Å². The molecule has 1 aliphatic rings. The van der Waals surface area contributed by atoms with Gasteiger partial charge in [0.1, 0.15) is 17.7 Å². The van der Waals surface area contributed by atoms with E-state index in [2.05, 4.69) is 48.5 Å². The van der Waals surface area contributed by atoms with Crippen molar-refractivity contribution in [1.29, 1.82) is 10.5 Å². The lowest BCUT2D eigenvalue weighted by molar-refractivity contribution is 0.104. The average molecular weight is 412 g/mol. The highest BCUT2D eigenvalue weighted by Crippen LogP contribution is 2.39. The third-order valence-corrected chi connectivity index (χ3v) is 5.57. The predicted molar refractivity (Wildman–Crippen MR) is 126 cm³/mol. The Morgan fingerprint density at radius 1 is 0.750 bits per heavy atom. The summed E-state index contributed by atoms with van der Waals surface area (Å²) < 4.78 is 0. The number of nitrogens with zero attached hydrogens (tertiary/aromatic N) is 2. The van der Waals surface area contributed by atoms with Crippen LogP contribution in [-0.2, 0) is 0 Å². The molecule has 0 radical (unpaired) electrons. The van der Waals surface area contributed by atoms with Crippen molar-refractivity contribution in [1.82, 2.24) is 0 Å². The first-order valence-electron chi connectivity index (χ1n) is 10.3. The van der Waals surface area contributed by atoms with E-state index >= 15 is 0 Å². The van der Waals surface area contributed by atoms with Gasteiger partial charge >= 0.3 is 0 Å². The van der Waals surface area contributed by atoms with Crippen molar-refractivity contribution in [3.8, 4) is 12.1 Å². The number of ketones is 1. The van der Waals surface area contributed by atoms with Gasteiger partial charge in [-0.2, -0.15) is 10.5 Å². The first kappa shape index (κ1) is 20.8. The van der Waals surface area contributed by atoms with Crippen molar-refractivity contribution >= 4 is 16.9 Å². The van der Waals surface area contributed by atoms with Crippen molar-refractivity contribution < 1.29 is 4.79 Å². The summed E-state index contributed by atoms with van der Waals surface area (Å²) in [6, 6.07) is 27.4. The van der Waals surface area contributed by atoms with Crippen LogP contribution in [0.1, 0.15) is 38.2 Å². The Labute approximate surface area is 187 Å². The van der Waals surface area contributed by atoms with Crippen LogP contribution in [0.5, 0.6) is 0 Å². The van der Waals surface area contributed by atoms with Gasteiger partial charge in [0.05, 0.1) is 0 Å². The van der Waals surface area contributed by atoms with Crippen molar-refractivity contribution in [2.45, 2.75) is 13.8 Å². The second-order valence-electron chi connectivity index (χ2n) is 7.74. The summed E-state index contributed by atoms with van der Waals surface area (Å²) in [6.45, 7) is 4.08. The van der Waals surface area contributed by atoms with Crippen molar-refractivity contribution in [3.63, 3.8) is 0 Å². The standard InChI is InChI=1S/C29H20N2O/c1-19-7-11-21(12-8-19)24(22-13-9-20(2)10-14-22)15-16-27-28(23(17-30)18-31)25-5-3-4-6-26(25)29(27)32/h3-16H,1-2H3/b27-16-. The van der Waals surface area contributed by atoms with Crippen LogP contribution >= 0.6 is 0 Å². The smallest absolute Gasteiger partial charge is 0.194 e. The van der Waals surface area contributed by atoms with Gasteiger partial charge in [-0.25, -0.2) is 0 Å². The molecule has 0 aromatic heterocycles. The number of carbonyl (C=O) groups is 1. The molecule has 4 rings (SSSR count). The average Bonchev–Trinajstić information content (AvgIpc) is 3.09. The molecule has 0 amide bonds. The zero-order valence-corrected chi connectivity index (χ0v) is 17.9. The summed E-state index contributed by atoms with van der Waals surface area (Å²) in [7, 11) is 0. The second-order valence-corrected chi connectivity index (χ2v) is 7.74. The molecule has 3 aromatic rings. The Bertz CT molecular complexity index is 1320. The first-order chi connectivity index (χ1) is 15.5. The minimum atomic E-state index is -0.179. The van der Waals surface area contributed by atoms with Gasteiger partial charge in [0, 0.05) is 16.7 Å². The lowest BCUT2D eigenvalue weighted by Crippen LogP contribution is -1.96. The van der Waals surface area contributed by atoms with Crippen molar-refractivity contribution in [2.24, 2.45) is 0 Å². The van der Waals surface area contributed by atoms with Crippen LogP contribution < -0.4 is 0 Å². The molecule has 0 saturated carbocycles. The molecule has 0 heterocycles. The summed E-state index contributed by atoms with van der Waals surface area (Å²) in [5, 5.41) is 19.0. The maximum absolute atomic E-state index is 13.2. The van der Waals surface area contributed by atoms with E-state index in [-0.39, 0.29) is 11.4 Å². The minimum absolute atomic E-state index is 0.0600. The van der Waals surface area contributed by atoms with Crippen LogP contribution in [0.4, 0.5) is 0 Å². The Balaban J connectivity index is 1.93. The van der Waals surface area contributed by atoms with Crippen LogP contribution in [-0.4, -0.2) is 5.78 Å². The monoisotopic (exact) mass is 412 g/mol. The van der Waals surface area contributed by atoms with Crippen molar-refractivity contribution in [2.75, 3.05) is 0 Å². The number of carbonyl (C=O) groups excluding carboxylic acids is 1. The lowest BCUT2D eigenvalue weighted by Gasteiger charge is -2.09. The van der Waals surface area contributed by atoms with Gasteiger partial charge in [-0.3, -0.25) is 4.79 Å². The van der Waals surface area contributed by atoms with Crippen molar-refractivity contribution in [3.05, 3.63) is 129 Å². The zero-order chi connectivity index (χ0) is 22.7. The Kier molecular flexibility index (Phi) is 5.67. The molecule has 0 atom stereocenters. The van der Waals surface area contributed by atoms with E-state index in [9.17, 15) is 15.3 Å². The van der Waals surface area contributed by atoms with Crippen LogP contribution in [0.15, 0.2) is 96.1 Å². The quantitative estimate of drug-likeness (QED) is 0.371. The summed E-state index contributed by atoms with van der Waals surface area (Å²) >= 11 is 0. The molecule has 3 heteroatoms. The van der Waals surface area contributed by atoms with E-state index in [1.807, 2.05) is 32.1 Å². The number of benzene rings is 3. The van der Waals surface area contributed by atoms with Gasteiger partial charge in [0.25, 0.3) is 0 Å². The fourth-order valence-corrected chi connectivity index (χ4v) is 3.86. The second kappa shape index (κ2) is 8.72. The molecule has 0 spiro atoms. The third-order valence-electron chi connectivity index (χ3n) is 5.57. The summed E-state index contributed by atoms with van der Waals surface area (Å²) in [5.41, 5.74) is 7.16. The highest BCUT2D eigenvalue weighted by Gasteiger charge is 2.31. The molecule has 0 fully saturated rings. The van der Waals surface area contributed by atoms with E-state index in [1.54, 1.807) is 30.3 Å². The molecule has 3 nitrogen and oxygen atoms in total. The van der Waals surface area contributed by atoms with Crippen LogP contribution in [0.2, 0.25) is 0 Å². The SMILES string of the molecule is Cc1ccc(C(=C/C=C2\C(=O)c3ccccc3C2=C(C#N)C#N)c2ccc(C)cc2)cc1. The largest absolute Gasteiger partial charge is 0.289 e. The molecule has 3 aromatic carbocycles. The summed E-state index contributed by atoms with van der Waals surface area (Å²) in [4.78, 5) is 13.2. The minimum Gasteiger partial charge on any atom is -0.289 e. The number of hydrogen-bond donors (Lipinski definition) is 0. The third kappa shape index (κ3) is 3.81. The number of rotatable bonds is 3. The van der Waals surface area contributed by atoms with E-state index in [0.29, 0.717) is 22.3 Å².